The Hall–Kier alpha value is -4.08. The molecule has 1 atom stereocenters. The van der Waals surface area contributed by atoms with Crippen LogP contribution >= 0.6 is 0 Å². The zero-order valence-corrected chi connectivity index (χ0v) is 24.3. The van der Waals surface area contributed by atoms with Gasteiger partial charge < -0.3 is 4.90 Å². The second-order valence-electron chi connectivity index (χ2n) is 11.1. The van der Waals surface area contributed by atoms with E-state index in [9.17, 15) is 17.6 Å². The van der Waals surface area contributed by atoms with Gasteiger partial charge in [0.15, 0.2) is 9.84 Å². The molecule has 1 amide bonds. The zero-order chi connectivity index (χ0) is 29.3. The van der Waals surface area contributed by atoms with Gasteiger partial charge in [-0.3, -0.25) is 9.69 Å². The molecule has 0 saturated carbocycles. The number of aromatic nitrogens is 2. The Bertz CT molecular complexity index is 1720. The van der Waals surface area contributed by atoms with Crippen molar-refractivity contribution in [2.45, 2.75) is 30.2 Å². The molecule has 0 spiro atoms. The molecule has 0 radical (unpaired) electrons. The average Bonchev–Trinajstić information content (AvgIpc) is 3.67. The second kappa shape index (κ2) is 11.7. The van der Waals surface area contributed by atoms with Crippen LogP contribution in [0.5, 0.6) is 0 Å². The van der Waals surface area contributed by atoms with Gasteiger partial charge in [0.25, 0.3) is 5.91 Å². The molecule has 1 saturated heterocycles. The van der Waals surface area contributed by atoms with Crippen molar-refractivity contribution in [3.63, 3.8) is 0 Å². The number of nitrogens with zero attached hydrogens (tertiary/aromatic N) is 4. The van der Waals surface area contributed by atoms with E-state index in [1.54, 1.807) is 35.1 Å². The Morgan fingerprint density at radius 2 is 1.71 bits per heavy atom. The topological polar surface area (TPSA) is 75.5 Å². The molecule has 9 heteroatoms. The van der Waals surface area contributed by atoms with Crippen molar-refractivity contribution in [3.8, 4) is 5.69 Å². The molecular formula is C33H33FN4O3S. The molecule has 0 unspecified atom stereocenters. The van der Waals surface area contributed by atoms with E-state index < -0.39 is 9.84 Å². The minimum Gasteiger partial charge on any atom is -0.338 e. The lowest BCUT2D eigenvalue weighted by molar-refractivity contribution is 0.0790. The Morgan fingerprint density at radius 3 is 2.38 bits per heavy atom. The number of carbonyl (C=O) groups is 1. The maximum atomic E-state index is 13.9. The quantitative estimate of drug-likeness (QED) is 0.294. The minimum absolute atomic E-state index is 0.0360. The lowest BCUT2D eigenvalue weighted by atomic mass is 9.98. The van der Waals surface area contributed by atoms with Gasteiger partial charge >= 0.3 is 0 Å². The van der Waals surface area contributed by atoms with Crippen LogP contribution in [0, 0.1) is 5.82 Å². The monoisotopic (exact) mass is 584 g/mol. The number of halogens is 1. The van der Waals surface area contributed by atoms with Crippen molar-refractivity contribution in [2.75, 3.05) is 32.4 Å². The predicted molar refractivity (Wildman–Crippen MR) is 161 cm³/mol. The first-order valence-electron chi connectivity index (χ1n) is 14.2. The maximum absolute atomic E-state index is 13.9. The third-order valence-corrected chi connectivity index (χ3v) is 9.30. The molecule has 2 aliphatic heterocycles. The standard InChI is InChI=1S/C33H33FN4O3S/c1-42(40,41)30-13-7-24(8-14-30)22-36-18-15-26(16-19-36)32-31(21-35-38(32)29-11-9-28(34)10-12-29)33(39)37-20-17-27(23-37)25-5-3-2-4-6-25/h2-15,21,27H,16-20,22-23H2,1H3/t27-/m0/s1. The number of hydrogen-bond acceptors (Lipinski definition) is 5. The lowest BCUT2D eigenvalue weighted by Gasteiger charge is -2.27. The van der Waals surface area contributed by atoms with Gasteiger partial charge in [-0.15, -0.1) is 0 Å². The van der Waals surface area contributed by atoms with Crippen LogP contribution in [-0.2, 0) is 16.4 Å². The van der Waals surface area contributed by atoms with Gasteiger partial charge in [-0.05, 0) is 65.9 Å². The number of benzene rings is 3. The third-order valence-electron chi connectivity index (χ3n) is 8.17. The summed E-state index contributed by atoms with van der Waals surface area (Å²) in [5.41, 5.74) is 5.33. The van der Waals surface area contributed by atoms with Crippen molar-refractivity contribution >= 4 is 21.3 Å². The molecule has 0 bridgehead atoms. The van der Waals surface area contributed by atoms with E-state index in [1.807, 2.05) is 35.2 Å². The minimum atomic E-state index is -3.23. The molecule has 1 fully saturated rings. The summed E-state index contributed by atoms with van der Waals surface area (Å²) in [6, 6.07) is 23.5. The van der Waals surface area contributed by atoms with E-state index in [1.165, 1.54) is 24.0 Å². The first kappa shape index (κ1) is 28.1. The Labute approximate surface area is 245 Å². The summed E-state index contributed by atoms with van der Waals surface area (Å²) in [6.07, 6.45) is 6.62. The number of likely N-dealkylation sites (tertiary alicyclic amines) is 1. The summed E-state index contributed by atoms with van der Waals surface area (Å²) in [7, 11) is -3.23. The molecule has 3 aromatic carbocycles. The van der Waals surface area contributed by atoms with Crippen LogP contribution in [0.15, 0.2) is 96.0 Å². The number of sulfone groups is 1. The van der Waals surface area contributed by atoms with Crippen molar-refractivity contribution in [3.05, 3.63) is 119 Å². The maximum Gasteiger partial charge on any atom is 0.257 e. The molecular weight excluding hydrogens is 551 g/mol. The van der Waals surface area contributed by atoms with E-state index in [0.717, 1.165) is 29.8 Å². The highest BCUT2D eigenvalue weighted by molar-refractivity contribution is 7.90. The molecule has 1 aromatic heterocycles. The summed E-state index contributed by atoms with van der Waals surface area (Å²) in [5.74, 6) is -0.0596. The van der Waals surface area contributed by atoms with Crippen LogP contribution in [0.3, 0.4) is 0 Å². The number of hydrogen-bond donors (Lipinski definition) is 0. The van der Waals surface area contributed by atoms with Crippen molar-refractivity contribution in [2.24, 2.45) is 0 Å². The Balaban J connectivity index is 1.25. The van der Waals surface area contributed by atoms with Crippen molar-refractivity contribution in [1.82, 2.24) is 19.6 Å². The fourth-order valence-electron chi connectivity index (χ4n) is 5.87. The van der Waals surface area contributed by atoms with Crippen LogP contribution in [0.25, 0.3) is 11.3 Å². The first-order valence-corrected chi connectivity index (χ1v) is 16.0. The molecule has 42 heavy (non-hydrogen) atoms. The molecule has 7 nitrogen and oxygen atoms in total. The van der Waals surface area contributed by atoms with Crippen LogP contribution in [0.1, 0.15) is 45.9 Å². The molecule has 216 valence electrons. The highest BCUT2D eigenvalue weighted by atomic mass is 32.2. The summed E-state index contributed by atoms with van der Waals surface area (Å²) in [5, 5.41) is 4.62. The van der Waals surface area contributed by atoms with Crippen LogP contribution in [-0.4, -0.2) is 66.3 Å². The van der Waals surface area contributed by atoms with Gasteiger partial charge in [0.1, 0.15) is 5.82 Å². The van der Waals surface area contributed by atoms with E-state index in [-0.39, 0.29) is 11.7 Å². The highest BCUT2D eigenvalue weighted by Gasteiger charge is 2.32. The molecule has 0 N–H and O–H groups in total. The summed E-state index contributed by atoms with van der Waals surface area (Å²) in [4.78, 5) is 18.4. The smallest absolute Gasteiger partial charge is 0.257 e. The van der Waals surface area contributed by atoms with E-state index in [0.29, 0.717) is 54.7 Å². The van der Waals surface area contributed by atoms with E-state index >= 15 is 0 Å². The second-order valence-corrected chi connectivity index (χ2v) is 13.1. The van der Waals surface area contributed by atoms with Gasteiger partial charge in [0.05, 0.1) is 28.0 Å². The van der Waals surface area contributed by atoms with Crippen LogP contribution in [0.4, 0.5) is 4.39 Å². The Morgan fingerprint density at radius 1 is 0.976 bits per heavy atom. The van der Waals surface area contributed by atoms with Gasteiger partial charge in [-0.25, -0.2) is 17.5 Å². The van der Waals surface area contributed by atoms with Crippen LogP contribution < -0.4 is 0 Å². The predicted octanol–water partition coefficient (Wildman–Crippen LogP) is 5.33. The highest BCUT2D eigenvalue weighted by Crippen LogP contribution is 2.32. The van der Waals surface area contributed by atoms with Gasteiger partial charge in [0, 0.05) is 44.9 Å². The van der Waals surface area contributed by atoms with Gasteiger partial charge in [-0.2, -0.15) is 5.10 Å². The third kappa shape index (κ3) is 5.93. The van der Waals surface area contributed by atoms with Gasteiger partial charge in [-0.1, -0.05) is 48.5 Å². The lowest BCUT2D eigenvalue weighted by Crippen LogP contribution is -2.31. The molecule has 4 aromatic rings. The number of carbonyl (C=O) groups excluding carboxylic acids is 1. The SMILES string of the molecule is CS(=O)(=O)c1ccc(CN2CC=C(c3c(C(=O)N4CC[C@H](c5ccccc5)C4)cnn3-c3ccc(F)cc3)CC2)cc1. The molecule has 0 aliphatic carbocycles. The first-order chi connectivity index (χ1) is 20.3. The van der Waals surface area contributed by atoms with E-state index in [2.05, 4.69) is 28.2 Å². The molecule has 2 aliphatic rings. The number of amides is 1. The van der Waals surface area contributed by atoms with Crippen molar-refractivity contribution < 1.29 is 17.6 Å². The fraction of sp³-hybridized carbons (Fsp3) is 0.273. The van der Waals surface area contributed by atoms with Crippen molar-refractivity contribution in [1.29, 1.82) is 0 Å². The number of rotatable bonds is 7. The normalized spacial score (nSPS) is 17.8. The largest absolute Gasteiger partial charge is 0.338 e. The average molecular weight is 585 g/mol. The molecule has 3 heterocycles. The summed E-state index contributed by atoms with van der Waals surface area (Å²) in [6.45, 7) is 3.47. The summed E-state index contributed by atoms with van der Waals surface area (Å²) < 4.78 is 39.1. The fourth-order valence-corrected chi connectivity index (χ4v) is 6.50. The summed E-state index contributed by atoms with van der Waals surface area (Å²) >= 11 is 0. The van der Waals surface area contributed by atoms with Gasteiger partial charge in [0.2, 0.25) is 0 Å². The Kier molecular flexibility index (Phi) is 7.79. The van der Waals surface area contributed by atoms with E-state index in [4.69, 9.17) is 0 Å². The molecule has 6 rings (SSSR count). The van der Waals surface area contributed by atoms with Crippen LogP contribution in [0.2, 0.25) is 0 Å². The zero-order valence-electron chi connectivity index (χ0n) is 23.5.